The third kappa shape index (κ3) is 2.27. The van der Waals surface area contributed by atoms with Gasteiger partial charge in [-0.1, -0.05) is 12.8 Å². The minimum atomic E-state index is 0.0861. The summed E-state index contributed by atoms with van der Waals surface area (Å²) in [5, 5.41) is 3.10. The second-order valence-electron chi connectivity index (χ2n) is 4.54. The largest absolute Gasteiger partial charge is 0.341 e. The van der Waals surface area contributed by atoms with Gasteiger partial charge in [-0.25, -0.2) is 0 Å². The number of likely N-dealkylation sites (N-methyl/N-ethyl adjacent to an activating group) is 1. The summed E-state index contributed by atoms with van der Waals surface area (Å²) in [5.41, 5.74) is 0. The van der Waals surface area contributed by atoms with E-state index in [1.165, 1.54) is 19.3 Å². The average Bonchev–Trinajstić information content (AvgIpc) is 3.00. The number of carbonyl (C=O) groups is 1. The van der Waals surface area contributed by atoms with Gasteiger partial charge in [0.25, 0.3) is 0 Å². The first-order valence-corrected chi connectivity index (χ1v) is 5.77. The van der Waals surface area contributed by atoms with Crippen LogP contribution in [0, 0.1) is 5.92 Å². The van der Waals surface area contributed by atoms with Crippen molar-refractivity contribution >= 4 is 5.91 Å². The number of rotatable bonds is 4. The zero-order valence-corrected chi connectivity index (χ0v) is 8.96. The highest BCUT2D eigenvalue weighted by molar-refractivity contribution is 5.82. The molecule has 2 aliphatic rings. The van der Waals surface area contributed by atoms with E-state index in [0.29, 0.717) is 5.91 Å². The standard InChI is InChI=1S/C11H20N2O/c1-12-10-3-2-7-13(11(10)14)8-6-9-4-5-9/h9-10,12H,2-8H2,1H3. The molecule has 14 heavy (non-hydrogen) atoms. The van der Waals surface area contributed by atoms with Gasteiger partial charge in [0.2, 0.25) is 5.91 Å². The molecule has 1 heterocycles. The number of nitrogens with one attached hydrogen (secondary N) is 1. The highest BCUT2D eigenvalue weighted by Gasteiger charge is 2.29. The van der Waals surface area contributed by atoms with Crippen LogP contribution < -0.4 is 5.32 Å². The van der Waals surface area contributed by atoms with Gasteiger partial charge in [0.15, 0.2) is 0 Å². The Kier molecular flexibility index (Phi) is 3.06. The first-order valence-electron chi connectivity index (χ1n) is 5.77. The fraction of sp³-hybridized carbons (Fsp3) is 0.909. The molecule has 1 N–H and O–H groups in total. The average molecular weight is 196 g/mol. The predicted molar refractivity (Wildman–Crippen MR) is 56.0 cm³/mol. The Hall–Kier alpha value is -0.570. The number of piperidine rings is 1. The van der Waals surface area contributed by atoms with Gasteiger partial charge in [0.05, 0.1) is 6.04 Å². The van der Waals surface area contributed by atoms with Crippen LogP contribution in [-0.2, 0) is 4.79 Å². The topological polar surface area (TPSA) is 32.3 Å². The first-order chi connectivity index (χ1) is 6.81. The molecule has 0 aromatic rings. The van der Waals surface area contributed by atoms with E-state index in [-0.39, 0.29) is 6.04 Å². The van der Waals surface area contributed by atoms with E-state index < -0.39 is 0 Å². The van der Waals surface area contributed by atoms with Gasteiger partial charge >= 0.3 is 0 Å². The van der Waals surface area contributed by atoms with Crippen LogP contribution in [0.5, 0.6) is 0 Å². The molecule has 0 aromatic heterocycles. The molecule has 1 saturated carbocycles. The molecule has 0 bridgehead atoms. The maximum atomic E-state index is 11.9. The van der Waals surface area contributed by atoms with Gasteiger partial charge in [-0.15, -0.1) is 0 Å². The van der Waals surface area contributed by atoms with Gasteiger partial charge in [0.1, 0.15) is 0 Å². The molecule has 3 heteroatoms. The summed E-state index contributed by atoms with van der Waals surface area (Å²) in [5.74, 6) is 1.25. The van der Waals surface area contributed by atoms with Crippen LogP contribution in [0.15, 0.2) is 0 Å². The second kappa shape index (κ2) is 4.30. The van der Waals surface area contributed by atoms with Gasteiger partial charge in [-0.3, -0.25) is 4.79 Å². The van der Waals surface area contributed by atoms with E-state index in [0.717, 1.165) is 31.8 Å². The quantitative estimate of drug-likeness (QED) is 0.727. The van der Waals surface area contributed by atoms with E-state index >= 15 is 0 Å². The molecule has 3 nitrogen and oxygen atoms in total. The monoisotopic (exact) mass is 196 g/mol. The summed E-state index contributed by atoms with van der Waals surface area (Å²) in [6.45, 7) is 1.96. The van der Waals surface area contributed by atoms with Crippen LogP contribution >= 0.6 is 0 Å². The molecular formula is C11H20N2O. The van der Waals surface area contributed by atoms with Crippen molar-refractivity contribution in [2.24, 2.45) is 5.92 Å². The highest BCUT2D eigenvalue weighted by Crippen LogP contribution is 2.32. The summed E-state index contributed by atoms with van der Waals surface area (Å²) in [7, 11) is 1.88. The lowest BCUT2D eigenvalue weighted by atomic mass is 10.0. The molecule has 80 valence electrons. The Morgan fingerprint density at radius 1 is 1.43 bits per heavy atom. The Morgan fingerprint density at radius 3 is 2.86 bits per heavy atom. The minimum absolute atomic E-state index is 0.0861. The molecule has 2 rings (SSSR count). The van der Waals surface area contributed by atoms with Gasteiger partial charge in [-0.2, -0.15) is 0 Å². The van der Waals surface area contributed by atoms with E-state index in [1.54, 1.807) is 0 Å². The molecule has 0 radical (unpaired) electrons. The third-order valence-electron chi connectivity index (χ3n) is 3.38. The van der Waals surface area contributed by atoms with Crippen molar-refractivity contribution in [1.29, 1.82) is 0 Å². The minimum Gasteiger partial charge on any atom is -0.341 e. The summed E-state index contributed by atoms with van der Waals surface area (Å²) in [6.07, 6.45) is 6.16. The lowest BCUT2D eigenvalue weighted by molar-refractivity contribution is -0.135. The number of hydrogen-bond acceptors (Lipinski definition) is 2. The SMILES string of the molecule is CNC1CCCN(CCC2CC2)C1=O. The number of hydrogen-bond donors (Lipinski definition) is 1. The fourth-order valence-corrected chi connectivity index (χ4v) is 2.18. The normalized spacial score (nSPS) is 28.2. The van der Waals surface area contributed by atoms with Gasteiger partial charge in [0, 0.05) is 13.1 Å². The Balaban J connectivity index is 1.80. The second-order valence-corrected chi connectivity index (χ2v) is 4.54. The number of likely N-dealkylation sites (tertiary alicyclic amines) is 1. The molecule has 1 atom stereocenters. The smallest absolute Gasteiger partial charge is 0.239 e. The molecule has 1 amide bonds. The van der Waals surface area contributed by atoms with E-state index in [2.05, 4.69) is 5.32 Å². The fourth-order valence-electron chi connectivity index (χ4n) is 2.18. The Labute approximate surface area is 85.8 Å². The van der Waals surface area contributed by atoms with E-state index in [4.69, 9.17) is 0 Å². The van der Waals surface area contributed by atoms with Crippen molar-refractivity contribution in [3.63, 3.8) is 0 Å². The molecule has 1 aliphatic carbocycles. The zero-order chi connectivity index (χ0) is 9.97. The summed E-state index contributed by atoms with van der Waals surface area (Å²) < 4.78 is 0. The molecule has 1 saturated heterocycles. The van der Waals surface area contributed by atoms with E-state index in [9.17, 15) is 4.79 Å². The van der Waals surface area contributed by atoms with Gasteiger partial charge < -0.3 is 10.2 Å². The third-order valence-corrected chi connectivity index (χ3v) is 3.38. The van der Waals surface area contributed by atoms with Crippen LogP contribution in [0.3, 0.4) is 0 Å². The summed E-state index contributed by atoms with van der Waals surface area (Å²) in [4.78, 5) is 13.9. The number of amides is 1. The van der Waals surface area contributed by atoms with Crippen molar-refractivity contribution in [3.05, 3.63) is 0 Å². The lowest BCUT2D eigenvalue weighted by Crippen LogP contribution is -2.49. The highest BCUT2D eigenvalue weighted by atomic mass is 16.2. The maximum Gasteiger partial charge on any atom is 0.239 e. The lowest BCUT2D eigenvalue weighted by Gasteiger charge is -2.32. The van der Waals surface area contributed by atoms with Crippen molar-refractivity contribution in [3.8, 4) is 0 Å². The molecule has 0 spiro atoms. The number of nitrogens with zero attached hydrogens (tertiary/aromatic N) is 1. The van der Waals surface area contributed by atoms with Crippen LogP contribution in [-0.4, -0.2) is 37.0 Å². The van der Waals surface area contributed by atoms with Crippen molar-refractivity contribution in [2.75, 3.05) is 20.1 Å². The molecule has 2 fully saturated rings. The van der Waals surface area contributed by atoms with E-state index in [1.807, 2.05) is 11.9 Å². The Morgan fingerprint density at radius 2 is 2.21 bits per heavy atom. The maximum absolute atomic E-state index is 11.9. The van der Waals surface area contributed by atoms with Crippen LogP contribution in [0.2, 0.25) is 0 Å². The summed E-state index contributed by atoms with van der Waals surface area (Å²) >= 11 is 0. The zero-order valence-electron chi connectivity index (χ0n) is 8.96. The molecular weight excluding hydrogens is 176 g/mol. The molecule has 1 aliphatic heterocycles. The Bertz CT molecular complexity index is 213. The predicted octanol–water partition coefficient (Wildman–Crippen LogP) is 0.997. The van der Waals surface area contributed by atoms with Crippen LogP contribution in [0.25, 0.3) is 0 Å². The van der Waals surface area contributed by atoms with Gasteiger partial charge in [-0.05, 0) is 32.2 Å². The summed E-state index contributed by atoms with van der Waals surface area (Å²) in [6, 6.07) is 0.0861. The molecule has 0 aromatic carbocycles. The number of carbonyl (C=O) groups excluding carboxylic acids is 1. The van der Waals surface area contributed by atoms with Crippen molar-refractivity contribution in [1.82, 2.24) is 10.2 Å². The van der Waals surface area contributed by atoms with Crippen molar-refractivity contribution < 1.29 is 4.79 Å². The van der Waals surface area contributed by atoms with Crippen LogP contribution in [0.1, 0.15) is 32.1 Å². The van der Waals surface area contributed by atoms with Crippen LogP contribution in [0.4, 0.5) is 0 Å². The molecule has 1 unspecified atom stereocenters. The van der Waals surface area contributed by atoms with Crippen molar-refractivity contribution in [2.45, 2.75) is 38.1 Å². The first kappa shape index (κ1) is 9.97.